The predicted octanol–water partition coefficient (Wildman–Crippen LogP) is 4.68. The molecule has 0 aliphatic rings. The summed E-state index contributed by atoms with van der Waals surface area (Å²) in [7, 11) is 0. The van der Waals surface area contributed by atoms with Crippen molar-refractivity contribution in [3.63, 3.8) is 0 Å². The van der Waals surface area contributed by atoms with Gasteiger partial charge in [0.1, 0.15) is 5.69 Å². The van der Waals surface area contributed by atoms with Crippen molar-refractivity contribution >= 4 is 56.7 Å². The van der Waals surface area contributed by atoms with Gasteiger partial charge in [0.05, 0.1) is 10.5 Å². The molecule has 2 N–H and O–H groups in total. The summed E-state index contributed by atoms with van der Waals surface area (Å²) in [5, 5.41) is 4.38. The molecule has 0 saturated heterocycles. The highest BCUT2D eigenvalue weighted by Gasteiger charge is 2.11. The van der Waals surface area contributed by atoms with Gasteiger partial charge in [-0.25, -0.2) is 0 Å². The maximum Gasteiger partial charge on any atom is 0.272 e. The number of H-pyrrole nitrogens is 1. The Morgan fingerprint density at radius 1 is 1.15 bits per heavy atom. The van der Waals surface area contributed by atoms with E-state index in [1.54, 1.807) is 12.1 Å². The number of amides is 1. The molecular formula is C15H10ClIN2O. The van der Waals surface area contributed by atoms with Crippen molar-refractivity contribution < 1.29 is 4.79 Å². The number of para-hydroxylation sites is 1. The van der Waals surface area contributed by atoms with Gasteiger partial charge in [0, 0.05) is 14.6 Å². The average Bonchev–Trinajstić information content (AvgIpc) is 2.87. The molecule has 0 aliphatic heterocycles. The van der Waals surface area contributed by atoms with Crippen molar-refractivity contribution in [2.24, 2.45) is 0 Å². The topological polar surface area (TPSA) is 44.9 Å². The molecule has 1 heterocycles. The van der Waals surface area contributed by atoms with Crippen molar-refractivity contribution in [3.05, 3.63) is 62.8 Å². The van der Waals surface area contributed by atoms with E-state index in [0.29, 0.717) is 10.7 Å². The number of aromatic nitrogens is 1. The average molecular weight is 397 g/mol. The Kier molecular flexibility index (Phi) is 3.67. The zero-order valence-corrected chi connectivity index (χ0v) is 13.2. The Balaban J connectivity index is 1.89. The van der Waals surface area contributed by atoms with Gasteiger partial charge in [-0.05, 0) is 59.0 Å². The van der Waals surface area contributed by atoms with Crippen molar-refractivity contribution in [3.8, 4) is 0 Å². The van der Waals surface area contributed by atoms with Gasteiger partial charge in [-0.3, -0.25) is 4.79 Å². The predicted molar refractivity (Wildman–Crippen MR) is 90.4 cm³/mol. The van der Waals surface area contributed by atoms with Crippen molar-refractivity contribution in [2.45, 2.75) is 0 Å². The third-order valence-electron chi connectivity index (χ3n) is 2.95. The molecule has 0 spiro atoms. The van der Waals surface area contributed by atoms with E-state index in [0.717, 1.165) is 20.2 Å². The molecule has 0 bridgehead atoms. The summed E-state index contributed by atoms with van der Waals surface area (Å²) in [6.45, 7) is 0. The van der Waals surface area contributed by atoms with E-state index in [-0.39, 0.29) is 5.91 Å². The second-order valence-corrected chi connectivity index (χ2v) is 6.00. The van der Waals surface area contributed by atoms with Crippen LogP contribution in [-0.4, -0.2) is 10.9 Å². The molecule has 0 radical (unpaired) electrons. The fourth-order valence-corrected chi connectivity index (χ4v) is 2.56. The summed E-state index contributed by atoms with van der Waals surface area (Å²) in [4.78, 5) is 15.2. The standard InChI is InChI=1S/C15H10ClIN2O/c16-12-3-1-2-9-8-13(19-14(9)12)15(20)18-11-6-4-10(17)5-7-11/h1-8,19H,(H,18,20). The van der Waals surface area contributed by atoms with E-state index in [2.05, 4.69) is 32.9 Å². The number of hydrogen-bond donors (Lipinski definition) is 2. The first kappa shape index (κ1) is 13.5. The molecule has 5 heteroatoms. The van der Waals surface area contributed by atoms with Gasteiger partial charge in [0.2, 0.25) is 0 Å². The lowest BCUT2D eigenvalue weighted by molar-refractivity contribution is 0.102. The normalized spacial score (nSPS) is 10.7. The van der Waals surface area contributed by atoms with Crippen LogP contribution >= 0.6 is 34.2 Å². The Labute approximate surface area is 134 Å². The smallest absolute Gasteiger partial charge is 0.272 e. The number of carbonyl (C=O) groups excluding carboxylic acids is 1. The highest BCUT2D eigenvalue weighted by molar-refractivity contribution is 14.1. The van der Waals surface area contributed by atoms with Crippen LogP contribution in [-0.2, 0) is 0 Å². The summed E-state index contributed by atoms with van der Waals surface area (Å²) in [5.41, 5.74) is 2.04. The molecule has 3 aromatic rings. The zero-order valence-electron chi connectivity index (χ0n) is 10.3. The third kappa shape index (κ3) is 2.66. The number of anilines is 1. The summed E-state index contributed by atoms with van der Waals surface area (Å²) in [6.07, 6.45) is 0. The van der Waals surface area contributed by atoms with Crippen LogP contribution in [0.4, 0.5) is 5.69 Å². The van der Waals surface area contributed by atoms with Crippen LogP contribution in [0.25, 0.3) is 10.9 Å². The number of aromatic amines is 1. The second kappa shape index (κ2) is 5.46. The highest BCUT2D eigenvalue weighted by atomic mass is 127. The molecule has 1 aromatic heterocycles. The first-order chi connectivity index (χ1) is 9.63. The minimum atomic E-state index is -0.182. The van der Waals surface area contributed by atoms with E-state index in [1.165, 1.54) is 0 Å². The summed E-state index contributed by atoms with van der Waals surface area (Å²) < 4.78 is 1.12. The minimum Gasteiger partial charge on any atom is -0.349 e. The van der Waals surface area contributed by atoms with Crippen molar-refractivity contribution in [1.82, 2.24) is 4.98 Å². The van der Waals surface area contributed by atoms with E-state index in [4.69, 9.17) is 11.6 Å². The van der Waals surface area contributed by atoms with Crippen LogP contribution in [0.5, 0.6) is 0 Å². The lowest BCUT2D eigenvalue weighted by Gasteiger charge is -2.03. The number of halogens is 2. The van der Waals surface area contributed by atoms with Gasteiger partial charge < -0.3 is 10.3 Å². The number of rotatable bonds is 2. The first-order valence-corrected chi connectivity index (χ1v) is 7.43. The fourth-order valence-electron chi connectivity index (χ4n) is 1.97. The van der Waals surface area contributed by atoms with Gasteiger partial charge >= 0.3 is 0 Å². The summed E-state index contributed by atoms with van der Waals surface area (Å²) in [6, 6.07) is 15.0. The van der Waals surface area contributed by atoms with Crippen LogP contribution in [0.3, 0.4) is 0 Å². The van der Waals surface area contributed by atoms with Gasteiger partial charge in [-0.1, -0.05) is 23.7 Å². The molecule has 1 amide bonds. The van der Waals surface area contributed by atoms with Crippen LogP contribution in [0.2, 0.25) is 5.02 Å². The maximum absolute atomic E-state index is 12.2. The Morgan fingerprint density at radius 3 is 2.60 bits per heavy atom. The van der Waals surface area contributed by atoms with Gasteiger partial charge in [0.25, 0.3) is 5.91 Å². The first-order valence-electron chi connectivity index (χ1n) is 5.97. The Hall–Kier alpha value is -1.53. The van der Waals surface area contributed by atoms with Crippen molar-refractivity contribution in [2.75, 3.05) is 5.32 Å². The monoisotopic (exact) mass is 396 g/mol. The van der Waals surface area contributed by atoms with E-state index in [1.807, 2.05) is 36.4 Å². The number of benzene rings is 2. The van der Waals surface area contributed by atoms with Crippen LogP contribution in [0.15, 0.2) is 48.5 Å². The van der Waals surface area contributed by atoms with Crippen LogP contribution < -0.4 is 5.32 Å². The lowest BCUT2D eigenvalue weighted by atomic mass is 10.2. The number of nitrogens with one attached hydrogen (secondary N) is 2. The third-order valence-corrected chi connectivity index (χ3v) is 3.99. The Morgan fingerprint density at radius 2 is 1.90 bits per heavy atom. The highest BCUT2D eigenvalue weighted by Crippen LogP contribution is 2.23. The van der Waals surface area contributed by atoms with Crippen LogP contribution in [0.1, 0.15) is 10.5 Å². The molecular weight excluding hydrogens is 387 g/mol. The summed E-state index contributed by atoms with van der Waals surface area (Å²) in [5.74, 6) is -0.182. The second-order valence-electron chi connectivity index (χ2n) is 4.35. The SMILES string of the molecule is O=C(Nc1ccc(I)cc1)c1cc2cccc(Cl)c2[nH]1. The quantitative estimate of drug-likeness (QED) is 0.607. The molecule has 0 saturated carbocycles. The molecule has 0 aliphatic carbocycles. The van der Waals surface area contributed by atoms with Gasteiger partial charge in [-0.2, -0.15) is 0 Å². The van der Waals surface area contributed by atoms with Crippen molar-refractivity contribution in [1.29, 1.82) is 0 Å². The fraction of sp³-hybridized carbons (Fsp3) is 0. The molecule has 0 atom stereocenters. The molecule has 0 unspecified atom stereocenters. The lowest BCUT2D eigenvalue weighted by Crippen LogP contribution is -2.12. The van der Waals surface area contributed by atoms with E-state index >= 15 is 0 Å². The minimum absolute atomic E-state index is 0.182. The number of hydrogen-bond acceptors (Lipinski definition) is 1. The molecule has 2 aromatic carbocycles. The number of carbonyl (C=O) groups is 1. The van der Waals surface area contributed by atoms with Crippen LogP contribution in [0, 0.1) is 3.57 Å². The molecule has 0 fully saturated rings. The molecule has 20 heavy (non-hydrogen) atoms. The molecule has 3 rings (SSSR count). The van der Waals surface area contributed by atoms with E-state index < -0.39 is 0 Å². The molecule has 100 valence electrons. The number of fused-ring (bicyclic) bond motifs is 1. The molecule has 3 nitrogen and oxygen atoms in total. The zero-order chi connectivity index (χ0) is 14.1. The van der Waals surface area contributed by atoms with E-state index in [9.17, 15) is 4.79 Å². The van der Waals surface area contributed by atoms with Gasteiger partial charge in [-0.15, -0.1) is 0 Å². The Bertz CT molecular complexity index is 780. The summed E-state index contributed by atoms with van der Waals surface area (Å²) >= 11 is 8.31. The van der Waals surface area contributed by atoms with Gasteiger partial charge in [0.15, 0.2) is 0 Å². The maximum atomic E-state index is 12.2. The largest absolute Gasteiger partial charge is 0.349 e.